The highest BCUT2D eigenvalue weighted by atomic mass is 19.1. The third-order valence-corrected chi connectivity index (χ3v) is 13.9. The van der Waals surface area contributed by atoms with Gasteiger partial charge in [-0.05, 0) is 80.8 Å². The summed E-state index contributed by atoms with van der Waals surface area (Å²) in [5, 5.41) is 21.6. The monoisotopic (exact) mass is 576 g/mol. The number of halogens is 2. The molecule has 6 aliphatic rings. The lowest BCUT2D eigenvalue weighted by Gasteiger charge is -2.61. The molecular weight excluding hydrogens is 534 g/mol. The number of allylic oxidation sites excluding steroid dienone is 3. The Hall–Kier alpha value is -2.45. The van der Waals surface area contributed by atoms with E-state index in [1.54, 1.807) is 13.8 Å². The van der Waals surface area contributed by atoms with Crippen LogP contribution in [0.3, 0.4) is 0 Å². The van der Waals surface area contributed by atoms with Gasteiger partial charge in [-0.2, -0.15) is 0 Å². The van der Waals surface area contributed by atoms with Crippen molar-refractivity contribution in [2.45, 2.75) is 110 Å². The molecule has 0 heterocycles. The first-order valence-electron chi connectivity index (χ1n) is 15.0. The number of ether oxygens (including phenoxy) is 2. The van der Waals surface area contributed by atoms with Crippen LogP contribution < -0.4 is 0 Å². The average molecular weight is 577 g/mol. The first-order valence-corrected chi connectivity index (χ1v) is 15.0. The van der Waals surface area contributed by atoms with Crippen LogP contribution >= 0.6 is 0 Å². The molecule has 2 bridgehead atoms. The maximum absolute atomic E-state index is 17.4. The summed E-state index contributed by atoms with van der Waals surface area (Å²) in [7, 11) is 0. The predicted molar refractivity (Wildman–Crippen MR) is 144 cm³/mol. The zero-order valence-corrected chi connectivity index (χ0v) is 24.8. The lowest BCUT2D eigenvalue weighted by molar-refractivity contribution is -0.207. The maximum Gasteiger partial charge on any atom is 0.509 e. The van der Waals surface area contributed by atoms with Crippen LogP contribution in [0.2, 0.25) is 0 Å². The summed E-state index contributed by atoms with van der Waals surface area (Å²) in [5.74, 6) is -4.31. The number of carboxylic acids is 1. The van der Waals surface area contributed by atoms with E-state index in [0.717, 1.165) is 25.0 Å². The fourth-order valence-corrected chi connectivity index (χ4v) is 10.8. The van der Waals surface area contributed by atoms with Gasteiger partial charge in [-0.25, -0.2) is 18.4 Å². The molecule has 0 aromatic heterocycles. The summed E-state index contributed by atoms with van der Waals surface area (Å²) in [6.45, 7) is 11.3. The summed E-state index contributed by atoms with van der Waals surface area (Å²) in [6, 6.07) is 0. The number of alkyl halides is 2. The van der Waals surface area contributed by atoms with Crippen LogP contribution in [0.4, 0.5) is 13.6 Å². The van der Waals surface area contributed by atoms with Gasteiger partial charge < -0.3 is 19.7 Å². The number of ketones is 1. The van der Waals surface area contributed by atoms with Crippen molar-refractivity contribution in [2.24, 2.45) is 45.3 Å². The van der Waals surface area contributed by atoms with E-state index < -0.39 is 69.7 Å². The van der Waals surface area contributed by atoms with Gasteiger partial charge in [0.2, 0.25) is 5.60 Å². The van der Waals surface area contributed by atoms with Crippen molar-refractivity contribution < 1.29 is 42.9 Å². The van der Waals surface area contributed by atoms with Crippen molar-refractivity contribution in [3.8, 4) is 0 Å². The highest BCUT2D eigenvalue weighted by Gasteiger charge is 2.77. The number of carbonyl (C=O) groups excluding carboxylic acids is 2. The molecule has 0 amide bonds. The Morgan fingerprint density at radius 1 is 0.976 bits per heavy atom. The Morgan fingerprint density at radius 3 is 2.24 bits per heavy atom. The van der Waals surface area contributed by atoms with E-state index >= 15 is 8.78 Å². The lowest BCUT2D eigenvalue weighted by atomic mass is 9.45. The predicted octanol–water partition coefficient (Wildman–Crippen LogP) is 6.66. The fraction of sp³-hybridized carbons (Fsp3) is 0.781. The number of hydrogen-bond donors (Lipinski definition) is 2. The summed E-state index contributed by atoms with van der Waals surface area (Å²) in [6.07, 6.45) is 1.42. The first-order chi connectivity index (χ1) is 18.9. The minimum atomic E-state index is -2.12. The van der Waals surface area contributed by atoms with Gasteiger partial charge in [0, 0.05) is 28.7 Å². The topological polar surface area (TPSA) is 110 Å². The SMILES string of the molecule is C[C@@H]1C[C@H]2[C@@H]3C[C@H](F)C4=CC(=O)C=C(O)[C@]4(C)[C@@]3(F)CC[C@]2(C)[C@@]1(OC(=O)O[C@H]1C[C@H]2CC[C@]1(C)C2(C)C)C(=O)O. The smallest absolute Gasteiger partial charge is 0.509 e. The van der Waals surface area contributed by atoms with E-state index in [4.69, 9.17) is 9.47 Å². The average Bonchev–Trinajstić information content (AvgIpc) is 3.32. The van der Waals surface area contributed by atoms with E-state index in [9.17, 15) is 24.6 Å². The number of hydrogen-bond acceptors (Lipinski definition) is 6. The molecule has 11 atom stereocenters. The Kier molecular flexibility index (Phi) is 5.83. The molecule has 0 spiro atoms. The number of fused-ring (bicyclic) bond motifs is 7. The van der Waals surface area contributed by atoms with Gasteiger partial charge in [-0.3, -0.25) is 4.79 Å². The van der Waals surface area contributed by atoms with Crippen LogP contribution in [-0.4, -0.2) is 51.7 Å². The van der Waals surface area contributed by atoms with Crippen molar-refractivity contribution >= 4 is 17.9 Å². The van der Waals surface area contributed by atoms with Crippen LogP contribution in [0.5, 0.6) is 0 Å². The molecule has 0 aromatic rings. The largest absolute Gasteiger partial charge is 0.511 e. The molecule has 6 aliphatic carbocycles. The van der Waals surface area contributed by atoms with Gasteiger partial charge in [-0.15, -0.1) is 0 Å². The standard InChI is InChI=1S/C32H42F2O7/c1-16-11-19-20-15-22(33)21-13-18(35)14-23(36)30(21,6)31(20,34)10-9-28(19,4)32(16,25(37)38)41-26(39)40-24-12-17-7-8-29(24,5)27(17,2)3/h13-14,16-17,19-20,22,24,36H,7-12,15H2,1-6H3,(H,37,38)/t16-,17-,19+,20+,22+,24+,28+,29+,30-,31-,32+/m1/s1. The Morgan fingerprint density at radius 2 is 1.66 bits per heavy atom. The molecule has 9 heteroatoms. The fourth-order valence-electron chi connectivity index (χ4n) is 10.8. The van der Waals surface area contributed by atoms with Crippen LogP contribution in [0.15, 0.2) is 23.5 Å². The first kappa shape index (κ1) is 28.7. The molecule has 0 aromatic carbocycles. The molecule has 0 aliphatic heterocycles. The summed E-state index contributed by atoms with van der Waals surface area (Å²) < 4.78 is 45.0. The number of aliphatic hydroxyl groups excluding tert-OH is 1. The van der Waals surface area contributed by atoms with Crippen LogP contribution in [-0.2, 0) is 19.1 Å². The highest BCUT2D eigenvalue weighted by molar-refractivity contribution is 6.02. The third-order valence-electron chi connectivity index (χ3n) is 13.9. The summed E-state index contributed by atoms with van der Waals surface area (Å²) in [4.78, 5) is 38.7. The zero-order valence-electron chi connectivity index (χ0n) is 24.8. The number of aliphatic hydroxyl groups is 1. The Bertz CT molecular complexity index is 1290. The van der Waals surface area contributed by atoms with Crippen LogP contribution in [0.1, 0.15) is 86.5 Å². The second-order valence-electron chi connectivity index (χ2n) is 15.1. The molecular formula is C32H42F2O7. The minimum Gasteiger partial charge on any atom is -0.511 e. The van der Waals surface area contributed by atoms with Crippen LogP contribution in [0, 0.1) is 45.3 Å². The quantitative estimate of drug-likeness (QED) is 0.362. The van der Waals surface area contributed by atoms with Crippen molar-refractivity contribution in [1.82, 2.24) is 0 Å². The lowest BCUT2D eigenvalue weighted by Crippen LogP contribution is -2.66. The van der Waals surface area contributed by atoms with Gasteiger partial charge in [0.15, 0.2) is 5.78 Å². The van der Waals surface area contributed by atoms with Gasteiger partial charge in [0.05, 0.1) is 5.41 Å². The Labute approximate surface area is 239 Å². The van der Waals surface area contributed by atoms with E-state index in [1.165, 1.54) is 6.92 Å². The molecule has 6 rings (SSSR count). The van der Waals surface area contributed by atoms with Gasteiger partial charge in [0.25, 0.3) is 0 Å². The normalized spacial score (nSPS) is 51.2. The van der Waals surface area contributed by atoms with E-state index in [0.29, 0.717) is 12.3 Å². The molecule has 0 saturated heterocycles. The molecule has 5 saturated carbocycles. The van der Waals surface area contributed by atoms with Crippen molar-refractivity contribution in [2.75, 3.05) is 0 Å². The maximum atomic E-state index is 17.4. The van der Waals surface area contributed by atoms with E-state index in [-0.39, 0.29) is 48.2 Å². The van der Waals surface area contributed by atoms with E-state index in [1.807, 2.05) is 0 Å². The van der Waals surface area contributed by atoms with Crippen molar-refractivity contribution in [3.05, 3.63) is 23.5 Å². The summed E-state index contributed by atoms with van der Waals surface area (Å²) >= 11 is 0. The number of rotatable bonds is 3. The molecule has 0 unspecified atom stereocenters. The number of carboxylic acid groups (broad SMARTS) is 1. The summed E-state index contributed by atoms with van der Waals surface area (Å²) in [5.41, 5.74) is -7.40. The Balaban J connectivity index is 1.33. The zero-order chi connectivity index (χ0) is 30.1. The van der Waals surface area contributed by atoms with Crippen molar-refractivity contribution in [1.29, 1.82) is 0 Å². The molecule has 41 heavy (non-hydrogen) atoms. The van der Waals surface area contributed by atoms with Crippen molar-refractivity contribution in [3.63, 3.8) is 0 Å². The highest BCUT2D eigenvalue weighted by Crippen LogP contribution is 2.72. The molecule has 7 nitrogen and oxygen atoms in total. The molecule has 2 N–H and O–H groups in total. The number of carbonyl (C=O) groups is 3. The van der Waals surface area contributed by atoms with Crippen LogP contribution in [0.25, 0.3) is 0 Å². The molecule has 5 fully saturated rings. The second kappa shape index (κ2) is 8.34. The number of aliphatic carboxylic acids is 1. The third kappa shape index (κ3) is 3.16. The van der Waals surface area contributed by atoms with E-state index in [2.05, 4.69) is 20.8 Å². The van der Waals surface area contributed by atoms with Gasteiger partial charge in [0.1, 0.15) is 23.7 Å². The molecule has 0 radical (unpaired) electrons. The minimum absolute atomic E-state index is 0.0228. The van der Waals surface area contributed by atoms with Gasteiger partial charge in [-0.1, -0.05) is 34.6 Å². The van der Waals surface area contributed by atoms with Gasteiger partial charge >= 0.3 is 12.1 Å². The second-order valence-corrected chi connectivity index (χ2v) is 15.1. The molecule has 226 valence electrons.